The largest absolute Gasteiger partial charge is 0.409 e. The van der Waals surface area contributed by atoms with Crippen LogP contribution in [-0.2, 0) is 9.53 Å². The third-order valence-electron chi connectivity index (χ3n) is 3.65. The first-order valence-corrected chi connectivity index (χ1v) is 7.12. The highest BCUT2D eigenvalue weighted by Crippen LogP contribution is 2.12. The monoisotopic (exact) mass is 286 g/mol. The van der Waals surface area contributed by atoms with Gasteiger partial charge in [-0.25, -0.2) is 0 Å². The van der Waals surface area contributed by atoms with Crippen LogP contribution in [0.4, 0.5) is 0 Å². The normalized spacial score (nSPS) is 19.1. The van der Waals surface area contributed by atoms with E-state index in [1.165, 1.54) is 0 Å². The van der Waals surface area contributed by atoms with E-state index in [0.717, 1.165) is 25.9 Å². The first kappa shape index (κ1) is 16.7. The Morgan fingerprint density at radius 3 is 2.55 bits per heavy atom. The number of amides is 1. The van der Waals surface area contributed by atoms with Crippen LogP contribution in [0.5, 0.6) is 0 Å². The van der Waals surface area contributed by atoms with E-state index in [9.17, 15) is 4.79 Å². The molecule has 116 valence electrons. The first-order valence-electron chi connectivity index (χ1n) is 7.12. The molecule has 3 N–H and O–H groups in total. The number of nitrogens with zero attached hydrogens (tertiary/aromatic N) is 3. The molecule has 0 aromatic carbocycles. The molecule has 1 unspecified atom stereocenters. The van der Waals surface area contributed by atoms with Crippen LogP contribution < -0.4 is 5.73 Å². The molecule has 1 amide bonds. The second-order valence-corrected chi connectivity index (χ2v) is 4.99. The van der Waals surface area contributed by atoms with Gasteiger partial charge in [0.05, 0.1) is 19.1 Å². The maximum absolute atomic E-state index is 11.9. The van der Waals surface area contributed by atoms with Gasteiger partial charge in [0.2, 0.25) is 5.91 Å². The molecule has 0 aliphatic carbocycles. The van der Waals surface area contributed by atoms with Crippen molar-refractivity contribution in [3.05, 3.63) is 0 Å². The molecule has 20 heavy (non-hydrogen) atoms. The Kier molecular flexibility index (Phi) is 7.32. The molecular formula is C13H26N4O3. The molecule has 7 nitrogen and oxygen atoms in total. The van der Waals surface area contributed by atoms with Crippen molar-refractivity contribution in [2.75, 3.05) is 39.9 Å². The molecule has 0 aromatic rings. The number of amidine groups is 1. The Hall–Kier alpha value is -1.34. The molecule has 7 heteroatoms. The second-order valence-electron chi connectivity index (χ2n) is 4.99. The molecule has 0 spiro atoms. The predicted octanol–water partition coefficient (Wildman–Crippen LogP) is 0.0822. The zero-order chi connectivity index (χ0) is 15.0. The van der Waals surface area contributed by atoms with E-state index < -0.39 is 0 Å². The molecule has 1 rings (SSSR count). The van der Waals surface area contributed by atoms with Gasteiger partial charge in [-0.05, 0) is 6.42 Å². The Morgan fingerprint density at radius 1 is 1.40 bits per heavy atom. The zero-order valence-corrected chi connectivity index (χ0v) is 12.4. The maximum Gasteiger partial charge on any atom is 0.224 e. The van der Waals surface area contributed by atoms with Gasteiger partial charge in [-0.2, -0.15) is 0 Å². The van der Waals surface area contributed by atoms with E-state index >= 15 is 0 Å². The third kappa shape index (κ3) is 4.64. The molecule has 0 radical (unpaired) electrons. The topological polar surface area (TPSA) is 91.4 Å². The van der Waals surface area contributed by atoms with Crippen LogP contribution in [0.1, 0.15) is 26.2 Å². The fraction of sp³-hybridized carbons (Fsp3) is 0.846. The van der Waals surface area contributed by atoms with Gasteiger partial charge in [0.25, 0.3) is 0 Å². The van der Waals surface area contributed by atoms with Gasteiger partial charge in [-0.3, -0.25) is 9.69 Å². The number of nitrogens with two attached hydrogens (primary N) is 1. The summed E-state index contributed by atoms with van der Waals surface area (Å²) in [6, 6.07) is -0.0405. The van der Waals surface area contributed by atoms with Gasteiger partial charge in [0.1, 0.15) is 0 Å². The summed E-state index contributed by atoms with van der Waals surface area (Å²) in [6.45, 7) is 5.39. The third-order valence-corrected chi connectivity index (χ3v) is 3.65. The Morgan fingerprint density at radius 2 is 2.05 bits per heavy atom. The number of hydrogen-bond donors (Lipinski definition) is 2. The number of piperazine rings is 1. The lowest BCUT2D eigenvalue weighted by Gasteiger charge is -2.38. The molecule has 1 heterocycles. The van der Waals surface area contributed by atoms with Crippen LogP contribution in [0.2, 0.25) is 0 Å². The van der Waals surface area contributed by atoms with Crippen molar-refractivity contribution in [3.63, 3.8) is 0 Å². The predicted molar refractivity (Wildman–Crippen MR) is 76.8 cm³/mol. The smallest absolute Gasteiger partial charge is 0.224 e. The molecule has 0 bridgehead atoms. The van der Waals surface area contributed by atoms with Crippen molar-refractivity contribution in [3.8, 4) is 0 Å². The summed E-state index contributed by atoms with van der Waals surface area (Å²) < 4.78 is 4.92. The molecule has 1 aliphatic heterocycles. The van der Waals surface area contributed by atoms with Crippen LogP contribution in [0.15, 0.2) is 5.16 Å². The van der Waals surface area contributed by atoms with Crippen LogP contribution >= 0.6 is 0 Å². The lowest BCUT2D eigenvalue weighted by Crippen LogP contribution is -2.55. The number of ether oxygens (including phenoxy) is 1. The number of rotatable bonds is 7. The zero-order valence-electron chi connectivity index (χ0n) is 12.4. The maximum atomic E-state index is 11.9. The summed E-state index contributed by atoms with van der Waals surface area (Å²) in [4.78, 5) is 15.9. The minimum atomic E-state index is -0.0405. The average Bonchev–Trinajstić information content (AvgIpc) is 2.49. The van der Waals surface area contributed by atoms with Crippen LogP contribution in [0.25, 0.3) is 0 Å². The van der Waals surface area contributed by atoms with Crippen LogP contribution in [-0.4, -0.2) is 72.7 Å². The van der Waals surface area contributed by atoms with Gasteiger partial charge in [-0.1, -0.05) is 18.5 Å². The Labute approximate surface area is 120 Å². The molecule has 1 aliphatic rings. The summed E-state index contributed by atoms with van der Waals surface area (Å²) >= 11 is 0. The van der Waals surface area contributed by atoms with E-state index in [1.54, 1.807) is 7.11 Å². The minimum Gasteiger partial charge on any atom is -0.409 e. The van der Waals surface area contributed by atoms with E-state index in [4.69, 9.17) is 15.7 Å². The average molecular weight is 286 g/mol. The van der Waals surface area contributed by atoms with Gasteiger partial charge in [0.15, 0.2) is 5.84 Å². The van der Waals surface area contributed by atoms with E-state index in [1.807, 2.05) is 4.90 Å². The number of methoxy groups -OCH3 is 1. The first-order chi connectivity index (χ1) is 9.63. The van der Waals surface area contributed by atoms with Gasteiger partial charge < -0.3 is 20.6 Å². The molecule has 1 saturated heterocycles. The number of carbonyl (C=O) groups excluding carboxylic acids is 1. The summed E-state index contributed by atoms with van der Waals surface area (Å²) in [5.74, 6) is 0.383. The summed E-state index contributed by atoms with van der Waals surface area (Å²) in [5.41, 5.74) is 5.76. The Balaban J connectivity index is 2.49. The Bertz CT molecular complexity index is 328. The van der Waals surface area contributed by atoms with Crippen molar-refractivity contribution in [2.45, 2.75) is 32.2 Å². The SMILES string of the molecule is CCCC(C(N)=NO)N1CCN(C(=O)CCOC)CC1. The summed E-state index contributed by atoms with van der Waals surface area (Å²) in [6.07, 6.45) is 2.25. The summed E-state index contributed by atoms with van der Waals surface area (Å²) in [7, 11) is 1.59. The van der Waals surface area contributed by atoms with Crippen LogP contribution in [0.3, 0.4) is 0 Å². The van der Waals surface area contributed by atoms with E-state index in [2.05, 4.69) is 17.0 Å². The van der Waals surface area contributed by atoms with Crippen molar-refractivity contribution in [2.24, 2.45) is 10.9 Å². The van der Waals surface area contributed by atoms with Gasteiger partial charge in [0, 0.05) is 33.3 Å². The lowest BCUT2D eigenvalue weighted by molar-refractivity contribution is -0.134. The quantitative estimate of drug-likeness (QED) is 0.299. The fourth-order valence-electron chi connectivity index (χ4n) is 2.49. The molecule has 1 atom stereocenters. The highest BCUT2D eigenvalue weighted by molar-refractivity contribution is 5.85. The molecular weight excluding hydrogens is 260 g/mol. The number of oxime groups is 1. The highest BCUT2D eigenvalue weighted by atomic mass is 16.5. The molecule has 1 fully saturated rings. The fourth-order valence-corrected chi connectivity index (χ4v) is 2.49. The van der Waals surface area contributed by atoms with Gasteiger partial charge in [-0.15, -0.1) is 0 Å². The van der Waals surface area contributed by atoms with Crippen LogP contribution in [0, 0.1) is 0 Å². The molecule has 0 saturated carbocycles. The van der Waals surface area contributed by atoms with E-state index in [-0.39, 0.29) is 17.8 Å². The standard InChI is InChI=1S/C13H26N4O3/c1-3-4-11(13(14)15-19)16-6-8-17(9-7-16)12(18)5-10-20-2/h11,19H,3-10H2,1-2H3,(H2,14,15). The molecule has 0 aromatic heterocycles. The highest BCUT2D eigenvalue weighted by Gasteiger charge is 2.27. The van der Waals surface area contributed by atoms with Crippen molar-refractivity contribution in [1.82, 2.24) is 9.80 Å². The van der Waals surface area contributed by atoms with Crippen molar-refractivity contribution < 1.29 is 14.7 Å². The van der Waals surface area contributed by atoms with Crippen molar-refractivity contribution >= 4 is 11.7 Å². The minimum absolute atomic E-state index is 0.0405. The van der Waals surface area contributed by atoms with Crippen molar-refractivity contribution in [1.29, 1.82) is 0 Å². The lowest BCUT2D eigenvalue weighted by atomic mass is 10.1. The summed E-state index contributed by atoms with van der Waals surface area (Å²) in [5, 5.41) is 12.0. The second kappa shape index (κ2) is 8.76. The van der Waals surface area contributed by atoms with E-state index in [0.29, 0.717) is 26.1 Å². The van der Waals surface area contributed by atoms with Gasteiger partial charge >= 0.3 is 0 Å². The number of hydrogen-bond acceptors (Lipinski definition) is 5. The number of carbonyl (C=O) groups is 1.